The quantitative estimate of drug-likeness (QED) is 0.323. The highest BCUT2D eigenvalue weighted by molar-refractivity contribution is 7.10. The maximum Gasteiger partial charge on any atom is 0.229 e. The Balaban J connectivity index is 1.37. The van der Waals surface area contributed by atoms with Crippen LogP contribution in [0.2, 0.25) is 0 Å². The number of carbonyl (C=O) groups excluding carboxylic acids is 1. The highest BCUT2D eigenvalue weighted by Crippen LogP contribution is 2.28. The molecule has 4 aromatic rings. The number of nitrogens with zero attached hydrogens (tertiary/aromatic N) is 1. The van der Waals surface area contributed by atoms with E-state index in [-0.39, 0.29) is 5.91 Å². The molecule has 34 heavy (non-hydrogen) atoms. The zero-order chi connectivity index (χ0) is 23.8. The highest BCUT2D eigenvalue weighted by Gasteiger charge is 2.08. The van der Waals surface area contributed by atoms with Crippen LogP contribution in [-0.4, -0.2) is 31.7 Å². The van der Waals surface area contributed by atoms with Crippen LogP contribution in [0, 0.1) is 0 Å². The summed E-state index contributed by atoms with van der Waals surface area (Å²) in [5, 5.41) is 4.93. The molecule has 1 amide bonds. The SMILES string of the molecule is COc1ccc(CCOc2cccc(-c3cccc(NC(=O)Cc4cccs4)c3)n2)cc1OC. The normalized spacial score (nSPS) is 10.5. The predicted octanol–water partition coefficient (Wildman–Crippen LogP) is 5.63. The lowest BCUT2D eigenvalue weighted by molar-refractivity contribution is -0.115. The maximum absolute atomic E-state index is 12.3. The van der Waals surface area contributed by atoms with E-state index in [9.17, 15) is 4.79 Å². The van der Waals surface area contributed by atoms with E-state index in [1.165, 1.54) is 0 Å². The number of pyridine rings is 1. The van der Waals surface area contributed by atoms with Crippen molar-refractivity contribution >= 4 is 22.9 Å². The molecule has 0 radical (unpaired) electrons. The van der Waals surface area contributed by atoms with Crippen LogP contribution in [0.4, 0.5) is 5.69 Å². The van der Waals surface area contributed by atoms with Crippen molar-refractivity contribution in [3.63, 3.8) is 0 Å². The Morgan fingerprint density at radius 3 is 2.59 bits per heavy atom. The van der Waals surface area contributed by atoms with Gasteiger partial charge in [-0.1, -0.05) is 30.3 Å². The molecule has 7 heteroatoms. The Bertz CT molecular complexity index is 1240. The number of carbonyl (C=O) groups is 1. The van der Waals surface area contributed by atoms with Gasteiger partial charge in [0.2, 0.25) is 11.8 Å². The maximum atomic E-state index is 12.3. The minimum absolute atomic E-state index is 0.0418. The van der Waals surface area contributed by atoms with Gasteiger partial charge in [-0.25, -0.2) is 4.98 Å². The zero-order valence-corrected chi connectivity index (χ0v) is 19.9. The van der Waals surface area contributed by atoms with Gasteiger partial charge >= 0.3 is 0 Å². The van der Waals surface area contributed by atoms with Crippen LogP contribution >= 0.6 is 11.3 Å². The summed E-state index contributed by atoms with van der Waals surface area (Å²) in [6.07, 6.45) is 1.07. The van der Waals surface area contributed by atoms with Crippen LogP contribution < -0.4 is 19.5 Å². The molecule has 6 nitrogen and oxygen atoms in total. The van der Waals surface area contributed by atoms with Crippen molar-refractivity contribution in [2.24, 2.45) is 0 Å². The molecule has 2 heterocycles. The van der Waals surface area contributed by atoms with Crippen LogP contribution in [0.1, 0.15) is 10.4 Å². The number of methoxy groups -OCH3 is 2. The number of hydrogen-bond acceptors (Lipinski definition) is 6. The monoisotopic (exact) mass is 474 g/mol. The molecule has 0 saturated carbocycles. The third kappa shape index (κ3) is 6.14. The Morgan fingerprint density at radius 2 is 1.79 bits per heavy atom. The third-order valence-electron chi connectivity index (χ3n) is 5.17. The van der Waals surface area contributed by atoms with Gasteiger partial charge in [-0.3, -0.25) is 4.79 Å². The fourth-order valence-corrected chi connectivity index (χ4v) is 4.20. The minimum atomic E-state index is -0.0418. The number of rotatable bonds is 10. The molecular weight excluding hydrogens is 448 g/mol. The Hall–Kier alpha value is -3.84. The molecule has 0 spiro atoms. The first-order valence-electron chi connectivity index (χ1n) is 10.9. The van der Waals surface area contributed by atoms with Gasteiger partial charge in [0, 0.05) is 28.6 Å². The summed E-state index contributed by atoms with van der Waals surface area (Å²) >= 11 is 1.58. The van der Waals surface area contributed by atoms with Crippen molar-refractivity contribution in [1.29, 1.82) is 0 Å². The number of anilines is 1. The van der Waals surface area contributed by atoms with E-state index in [0.29, 0.717) is 36.8 Å². The van der Waals surface area contributed by atoms with Crippen molar-refractivity contribution in [3.05, 3.63) is 88.6 Å². The fourth-order valence-electron chi connectivity index (χ4n) is 3.50. The number of aromatic nitrogens is 1. The van der Waals surface area contributed by atoms with Crippen LogP contribution in [0.25, 0.3) is 11.3 Å². The topological polar surface area (TPSA) is 69.7 Å². The van der Waals surface area contributed by atoms with Crippen molar-refractivity contribution in [2.75, 3.05) is 26.1 Å². The van der Waals surface area contributed by atoms with E-state index in [4.69, 9.17) is 14.2 Å². The lowest BCUT2D eigenvalue weighted by Crippen LogP contribution is -2.13. The first-order chi connectivity index (χ1) is 16.6. The molecule has 1 N–H and O–H groups in total. The van der Waals surface area contributed by atoms with Gasteiger partial charge in [-0.2, -0.15) is 0 Å². The van der Waals surface area contributed by atoms with E-state index in [1.807, 2.05) is 78.2 Å². The van der Waals surface area contributed by atoms with Crippen molar-refractivity contribution in [3.8, 4) is 28.6 Å². The van der Waals surface area contributed by atoms with Crippen molar-refractivity contribution in [1.82, 2.24) is 4.98 Å². The molecule has 174 valence electrons. The standard InChI is InChI=1S/C27H26N2O4S/c1-31-24-12-11-19(16-25(24)32-2)13-14-33-27-10-4-9-23(29-27)20-6-3-7-21(17-20)28-26(30)18-22-8-5-15-34-22/h3-12,15-17H,13-14,18H2,1-2H3,(H,28,30). The summed E-state index contributed by atoms with van der Waals surface area (Å²) in [4.78, 5) is 18.0. The number of amides is 1. The lowest BCUT2D eigenvalue weighted by Gasteiger charge is -2.11. The molecule has 0 aliphatic carbocycles. The van der Waals surface area contributed by atoms with Gasteiger partial charge in [-0.05, 0) is 47.3 Å². The Kier molecular flexibility index (Phi) is 7.78. The van der Waals surface area contributed by atoms with Gasteiger partial charge in [0.1, 0.15) is 0 Å². The molecular formula is C27H26N2O4S. The Labute approximate surface area is 203 Å². The second kappa shape index (κ2) is 11.3. The van der Waals surface area contributed by atoms with Crippen LogP contribution in [0.3, 0.4) is 0 Å². The number of hydrogen-bond donors (Lipinski definition) is 1. The largest absolute Gasteiger partial charge is 0.493 e. The molecule has 0 aliphatic heterocycles. The summed E-state index contributed by atoms with van der Waals surface area (Å²) in [5.41, 5.74) is 3.50. The molecule has 0 fully saturated rings. The molecule has 2 aromatic carbocycles. The van der Waals surface area contributed by atoms with E-state index in [1.54, 1.807) is 25.6 Å². The summed E-state index contributed by atoms with van der Waals surface area (Å²) in [5.74, 6) is 1.90. The summed E-state index contributed by atoms with van der Waals surface area (Å²) < 4.78 is 16.5. The summed E-state index contributed by atoms with van der Waals surface area (Å²) in [6, 6.07) is 23.1. The molecule has 0 atom stereocenters. The first-order valence-corrected chi connectivity index (χ1v) is 11.8. The highest BCUT2D eigenvalue weighted by atomic mass is 32.1. The van der Waals surface area contributed by atoms with Crippen LogP contribution in [0.5, 0.6) is 17.4 Å². The van der Waals surface area contributed by atoms with Gasteiger partial charge in [0.05, 0.1) is 32.9 Å². The average molecular weight is 475 g/mol. The molecule has 2 aromatic heterocycles. The lowest BCUT2D eigenvalue weighted by atomic mass is 10.1. The predicted molar refractivity (Wildman–Crippen MR) is 135 cm³/mol. The van der Waals surface area contributed by atoms with E-state index < -0.39 is 0 Å². The van der Waals surface area contributed by atoms with E-state index in [2.05, 4.69) is 10.3 Å². The number of nitrogens with one attached hydrogen (secondary N) is 1. The second-order valence-corrected chi connectivity index (χ2v) is 8.57. The average Bonchev–Trinajstić information content (AvgIpc) is 3.37. The number of thiophene rings is 1. The zero-order valence-electron chi connectivity index (χ0n) is 19.1. The molecule has 0 bridgehead atoms. The molecule has 0 unspecified atom stereocenters. The van der Waals surface area contributed by atoms with Crippen molar-refractivity contribution in [2.45, 2.75) is 12.8 Å². The van der Waals surface area contributed by atoms with Gasteiger partial charge in [0.25, 0.3) is 0 Å². The number of ether oxygens (including phenoxy) is 3. The molecule has 0 aliphatic rings. The van der Waals surface area contributed by atoms with Crippen LogP contribution in [-0.2, 0) is 17.6 Å². The fraction of sp³-hybridized carbons (Fsp3) is 0.185. The Morgan fingerprint density at radius 1 is 0.941 bits per heavy atom. The van der Waals surface area contributed by atoms with E-state index >= 15 is 0 Å². The molecule has 4 rings (SSSR count). The van der Waals surface area contributed by atoms with Gasteiger partial charge in [0.15, 0.2) is 11.5 Å². The van der Waals surface area contributed by atoms with Crippen LogP contribution in [0.15, 0.2) is 78.2 Å². The van der Waals surface area contributed by atoms with E-state index in [0.717, 1.165) is 27.4 Å². The first kappa shape index (κ1) is 23.3. The van der Waals surface area contributed by atoms with Gasteiger partial charge < -0.3 is 19.5 Å². The second-order valence-electron chi connectivity index (χ2n) is 7.53. The van der Waals surface area contributed by atoms with Crippen molar-refractivity contribution < 1.29 is 19.0 Å². The summed E-state index contributed by atoms with van der Waals surface area (Å²) in [6.45, 7) is 0.477. The number of benzene rings is 2. The smallest absolute Gasteiger partial charge is 0.229 e. The summed E-state index contributed by atoms with van der Waals surface area (Å²) in [7, 11) is 3.24. The third-order valence-corrected chi connectivity index (χ3v) is 6.05. The minimum Gasteiger partial charge on any atom is -0.493 e. The van der Waals surface area contributed by atoms with Gasteiger partial charge in [-0.15, -0.1) is 11.3 Å². The molecule has 0 saturated heterocycles.